The topological polar surface area (TPSA) is 105 Å². The van der Waals surface area contributed by atoms with E-state index in [-0.39, 0.29) is 28.5 Å². The summed E-state index contributed by atoms with van der Waals surface area (Å²) in [5, 5.41) is 8.13. The Morgan fingerprint density at radius 1 is 0.949 bits per heavy atom. The van der Waals surface area contributed by atoms with Gasteiger partial charge in [0.2, 0.25) is 0 Å². The molecule has 0 bridgehead atoms. The molecule has 1 fully saturated rings. The highest BCUT2D eigenvalue weighted by molar-refractivity contribution is 6.11. The van der Waals surface area contributed by atoms with E-state index in [0.29, 0.717) is 36.5 Å². The quantitative estimate of drug-likeness (QED) is 0.234. The molecule has 0 spiro atoms. The molecule has 39 heavy (non-hydrogen) atoms. The Kier molecular flexibility index (Phi) is 7.22. The monoisotopic (exact) mass is 539 g/mol. The molecular weight excluding hydrogens is 518 g/mol. The SMILES string of the molecule is O=C(Nc1ccc(C(F)(F)F)cc1)Nc1ccc(F)c(C(=O)c2ccc3nc(C4COCCN4)cnc3c2)c1. The summed E-state index contributed by atoms with van der Waals surface area (Å²) in [5.74, 6) is -1.42. The normalized spacial score (nSPS) is 15.6. The number of hydrogen-bond donors (Lipinski definition) is 3. The molecule has 2 amide bonds. The molecule has 3 N–H and O–H groups in total. The van der Waals surface area contributed by atoms with Gasteiger partial charge in [-0.25, -0.2) is 14.2 Å². The average Bonchev–Trinajstić information content (AvgIpc) is 2.93. The van der Waals surface area contributed by atoms with Crippen LogP contribution >= 0.6 is 0 Å². The molecule has 12 heteroatoms. The van der Waals surface area contributed by atoms with Gasteiger partial charge in [0.05, 0.1) is 53.3 Å². The molecule has 1 aliphatic heterocycles. The van der Waals surface area contributed by atoms with Crippen molar-refractivity contribution in [3.05, 3.63) is 95.1 Å². The number of hydrogen-bond acceptors (Lipinski definition) is 6. The van der Waals surface area contributed by atoms with E-state index in [2.05, 4.69) is 25.9 Å². The van der Waals surface area contributed by atoms with E-state index in [4.69, 9.17) is 4.74 Å². The summed E-state index contributed by atoms with van der Waals surface area (Å²) in [4.78, 5) is 34.5. The molecule has 1 aromatic heterocycles. The summed E-state index contributed by atoms with van der Waals surface area (Å²) in [6.45, 7) is 1.80. The van der Waals surface area contributed by atoms with Gasteiger partial charge < -0.3 is 20.7 Å². The summed E-state index contributed by atoms with van der Waals surface area (Å²) in [5.41, 5.74) is 0.984. The van der Waals surface area contributed by atoms with Gasteiger partial charge in [-0.05, 0) is 60.7 Å². The first-order valence-corrected chi connectivity index (χ1v) is 11.8. The maximum Gasteiger partial charge on any atom is 0.416 e. The number of amides is 2. The van der Waals surface area contributed by atoms with E-state index in [1.165, 1.54) is 24.3 Å². The van der Waals surface area contributed by atoms with Gasteiger partial charge in [-0.3, -0.25) is 9.78 Å². The number of nitrogens with one attached hydrogen (secondary N) is 3. The summed E-state index contributed by atoms with van der Waals surface area (Å²) < 4.78 is 58.2. The minimum absolute atomic E-state index is 0.0854. The maximum absolute atomic E-state index is 14.6. The number of nitrogens with zero attached hydrogens (tertiary/aromatic N) is 2. The Hall–Kier alpha value is -4.42. The predicted octanol–water partition coefficient (Wildman–Crippen LogP) is 5.32. The number of halogens is 4. The highest BCUT2D eigenvalue weighted by Crippen LogP contribution is 2.30. The number of aromatic nitrogens is 2. The van der Waals surface area contributed by atoms with Crippen LogP contribution in [0.3, 0.4) is 0 Å². The van der Waals surface area contributed by atoms with Crippen molar-refractivity contribution < 1.29 is 31.9 Å². The lowest BCUT2D eigenvalue weighted by Crippen LogP contribution is -2.35. The van der Waals surface area contributed by atoms with Crippen molar-refractivity contribution in [3.8, 4) is 0 Å². The van der Waals surface area contributed by atoms with Crippen LogP contribution in [-0.4, -0.2) is 41.5 Å². The fourth-order valence-electron chi connectivity index (χ4n) is 4.06. The molecule has 0 aliphatic carbocycles. The Morgan fingerprint density at radius 3 is 2.41 bits per heavy atom. The number of anilines is 2. The molecule has 1 atom stereocenters. The van der Waals surface area contributed by atoms with E-state index < -0.39 is 29.4 Å². The number of ketones is 1. The summed E-state index contributed by atoms with van der Waals surface area (Å²) in [6.07, 6.45) is -2.90. The molecule has 1 aliphatic rings. The fraction of sp³-hybridized carbons (Fsp3) is 0.185. The van der Waals surface area contributed by atoms with E-state index in [1.54, 1.807) is 12.3 Å². The van der Waals surface area contributed by atoms with E-state index in [0.717, 1.165) is 30.3 Å². The fourth-order valence-corrected chi connectivity index (χ4v) is 4.06. The van der Waals surface area contributed by atoms with Crippen LogP contribution < -0.4 is 16.0 Å². The third-order valence-corrected chi connectivity index (χ3v) is 6.04. The number of alkyl halides is 3. The lowest BCUT2D eigenvalue weighted by Gasteiger charge is -2.23. The molecule has 2 heterocycles. The summed E-state index contributed by atoms with van der Waals surface area (Å²) in [7, 11) is 0. The molecule has 200 valence electrons. The first-order valence-electron chi connectivity index (χ1n) is 11.8. The van der Waals surface area contributed by atoms with Crippen LogP contribution in [0.4, 0.5) is 33.7 Å². The zero-order valence-electron chi connectivity index (χ0n) is 20.2. The van der Waals surface area contributed by atoms with Crippen molar-refractivity contribution >= 4 is 34.2 Å². The maximum atomic E-state index is 14.6. The number of ether oxygens (including phenoxy) is 1. The zero-order valence-corrected chi connectivity index (χ0v) is 20.2. The molecule has 1 saturated heterocycles. The third-order valence-electron chi connectivity index (χ3n) is 6.04. The highest BCUT2D eigenvalue weighted by atomic mass is 19.4. The van der Waals surface area contributed by atoms with E-state index in [9.17, 15) is 27.2 Å². The van der Waals surface area contributed by atoms with Gasteiger partial charge in [0.1, 0.15) is 5.82 Å². The zero-order chi connectivity index (χ0) is 27.6. The van der Waals surface area contributed by atoms with Gasteiger partial charge in [-0.1, -0.05) is 0 Å². The van der Waals surface area contributed by atoms with Crippen LogP contribution in [0, 0.1) is 5.82 Å². The lowest BCUT2D eigenvalue weighted by atomic mass is 10.0. The Balaban J connectivity index is 1.30. The number of morpholine rings is 1. The van der Waals surface area contributed by atoms with Crippen molar-refractivity contribution in [2.75, 3.05) is 30.4 Å². The van der Waals surface area contributed by atoms with Gasteiger partial charge in [0, 0.05) is 23.5 Å². The molecular formula is C27H21F4N5O3. The van der Waals surface area contributed by atoms with Gasteiger partial charge >= 0.3 is 12.2 Å². The largest absolute Gasteiger partial charge is 0.416 e. The molecule has 3 aromatic carbocycles. The van der Waals surface area contributed by atoms with Gasteiger partial charge in [-0.15, -0.1) is 0 Å². The Labute approximate surface area is 219 Å². The van der Waals surface area contributed by atoms with Crippen LogP contribution in [0.15, 0.2) is 66.9 Å². The number of carbonyl (C=O) groups excluding carboxylic acids is 2. The summed E-state index contributed by atoms with van der Waals surface area (Å²) >= 11 is 0. The second kappa shape index (κ2) is 10.8. The number of fused-ring (bicyclic) bond motifs is 1. The number of carbonyl (C=O) groups is 2. The van der Waals surface area contributed by atoms with Crippen molar-refractivity contribution in [3.63, 3.8) is 0 Å². The van der Waals surface area contributed by atoms with E-state index in [1.807, 2.05) is 0 Å². The van der Waals surface area contributed by atoms with Crippen molar-refractivity contribution in [1.82, 2.24) is 15.3 Å². The molecule has 5 rings (SSSR count). The van der Waals surface area contributed by atoms with Crippen molar-refractivity contribution in [2.45, 2.75) is 12.2 Å². The number of urea groups is 1. The Morgan fingerprint density at radius 2 is 1.69 bits per heavy atom. The minimum Gasteiger partial charge on any atom is -0.378 e. The predicted molar refractivity (Wildman–Crippen MR) is 135 cm³/mol. The van der Waals surface area contributed by atoms with E-state index >= 15 is 0 Å². The van der Waals surface area contributed by atoms with Crippen LogP contribution in [0.5, 0.6) is 0 Å². The number of rotatable bonds is 5. The first kappa shape index (κ1) is 26.2. The molecule has 1 unspecified atom stereocenters. The van der Waals surface area contributed by atoms with Crippen molar-refractivity contribution in [1.29, 1.82) is 0 Å². The molecule has 0 saturated carbocycles. The molecule has 8 nitrogen and oxygen atoms in total. The highest BCUT2D eigenvalue weighted by Gasteiger charge is 2.30. The molecule has 0 radical (unpaired) electrons. The second-order valence-corrected chi connectivity index (χ2v) is 8.76. The lowest BCUT2D eigenvalue weighted by molar-refractivity contribution is -0.137. The molecule has 4 aromatic rings. The van der Waals surface area contributed by atoms with Gasteiger partial charge in [0.15, 0.2) is 5.78 Å². The first-order chi connectivity index (χ1) is 18.7. The van der Waals surface area contributed by atoms with Crippen LogP contribution in [0.25, 0.3) is 11.0 Å². The Bertz CT molecular complexity index is 1540. The van der Waals surface area contributed by atoms with Gasteiger partial charge in [0.25, 0.3) is 0 Å². The summed E-state index contributed by atoms with van der Waals surface area (Å²) in [6, 6.07) is 11.1. The van der Waals surface area contributed by atoms with Crippen LogP contribution in [0.1, 0.15) is 33.2 Å². The smallest absolute Gasteiger partial charge is 0.378 e. The minimum atomic E-state index is -4.50. The average molecular weight is 539 g/mol. The van der Waals surface area contributed by atoms with Crippen LogP contribution in [-0.2, 0) is 10.9 Å². The van der Waals surface area contributed by atoms with Crippen molar-refractivity contribution in [2.24, 2.45) is 0 Å². The number of benzene rings is 3. The van der Waals surface area contributed by atoms with Gasteiger partial charge in [-0.2, -0.15) is 13.2 Å². The standard InChI is InChI=1S/C27H21F4N5O3/c28-20-7-6-18(35-26(38)34-17-4-2-16(3-5-17)27(29,30)31)12-19(20)25(37)15-1-8-21-22(11-15)33-13-23(36-21)24-14-39-10-9-32-24/h1-8,11-13,24,32H,9-10,14H2,(H2,34,35,38). The second-order valence-electron chi connectivity index (χ2n) is 8.76. The van der Waals surface area contributed by atoms with Crippen LogP contribution in [0.2, 0.25) is 0 Å². The third kappa shape index (κ3) is 6.02.